The van der Waals surface area contributed by atoms with Gasteiger partial charge in [0, 0.05) is 38.2 Å². The first-order valence-corrected chi connectivity index (χ1v) is 9.68. The molecule has 148 valence electrons. The fourth-order valence-corrected chi connectivity index (χ4v) is 4.62. The van der Waals surface area contributed by atoms with E-state index in [2.05, 4.69) is 10.5 Å². The third-order valence-electron chi connectivity index (χ3n) is 6.05. The first-order chi connectivity index (χ1) is 13.5. The molecule has 1 saturated carbocycles. The first kappa shape index (κ1) is 18.7. The van der Waals surface area contributed by atoms with Crippen molar-refractivity contribution in [1.82, 2.24) is 15.4 Å². The van der Waals surface area contributed by atoms with E-state index in [1.165, 1.54) is 6.92 Å². The molecule has 2 heterocycles. The Balaban J connectivity index is 1.55. The lowest BCUT2D eigenvalue weighted by Gasteiger charge is -2.43. The Bertz CT molecular complexity index is 866. The molecule has 1 aliphatic heterocycles. The number of ether oxygens (including phenoxy) is 1. The van der Waals surface area contributed by atoms with E-state index in [-0.39, 0.29) is 29.5 Å². The van der Waals surface area contributed by atoms with Crippen LogP contribution in [0, 0.1) is 0 Å². The van der Waals surface area contributed by atoms with E-state index < -0.39 is 0 Å². The summed E-state index contributed by atoms with van der Waals surface area (Å²) in [6.45, 7) is 2.13. The zero-order chi connectivity index (χ0) is 19.7. The number of nitrogens with one attached hydrogen (secondary N) is 1. The summed E-state index contributed by atoms with van der Waals surface area (Å²) in [4.78, 5) is 26.5. The van der Waals surface area contributed by atoms with Crippen LogP contribution in [0.15, 0.2) is 40.9 Å². The van der Waals surface area contributed by atoms with Crippen LogP contribution in [0.5, 0.6) is 0 Å². The summed E-state index contributed by atoms with van der Waals surface area (Å²) in [6.07, 6.45) is 3.14. The van der Waals surface area contributed by atoms with E-state index >= 15 is 0 Å². The van der Waals surface area contributed by atoms with Gasteiger partial charge in [0.1, 0.15) is 0 Å². The molecule has 2 amide bonds. The topological polar surface area (TPSA) is 84.7 Å². The van der Waals surface area contributed by atoms with Gasteiger partial charge in [0.25, 0.3) is 5.91 Å². The normalized spacial score (nSPS) is 26.7. The molecule has 0 spiro atoms. The predicted molar refractivity (Wildman–Crippen MR) is 103 cm³/mol. The van der Waals surface area contributed by atoms with Crippen molar-refractivity contribution in [3.63, 3.8) is 0 Å². The minimum Gasteiger partial charge on any atom is -0.376 e. The number of benzene rings is 1. The summed E-state index contributed by atoms with van der Waals surface area (Å²) >= 11 is 0. The number of aromatic nitrogens is 1. The van der Waals surface area contributed by atoms with Crippen LogP contribution >= 0.6 is 0 Å². The molecule has 0 radical (unpaired) electrons. The van der Waals surface area contributed by atoms with Crippen LogP contribution in [0.1, 0.15) is 43.1 Å². The van der Waals surface area contributed by atoms with Gasteiger partial charge in [0.15, 0.2) is 11.5 Å². The summed E-state index contributed by atoms with van der Waals surface area (Å²) < 4.78 is 11.3. The fraction of sp³-hybridized carbons (Fsp3) is 0.476. The smallest absolute Gasteiger partial charge is 0.276 e. The lowest BCUT2D eigenvalue weighted by molar-refractivity contribution is -0.121. The Morgan fingerprint density at radius 2 is 2.07 bits per heavy atom. The van der Waals surface area contributed by atoms with E-state index in [0.717, 1.165) is 24.8 Å². The molecular weight excluding hydrogens is 358 g/mol. The molecule has 2 fully saturated rings. The molecule has 1 aromatic carbocycles. The Morgan fingerprint density at radius 3 is 2.79 bits per heavy atom. The Morgan fingerprint density at radius 1 is 1.29 bits per heavy atom. The second-order valence-electron chi connectivity index (χ2n) is 7.65. The van der Waals surface area contributed by atoms with E-state index in [0.29, 0.717) is 24.4 Å². The summed E-state index contributed by atoms with van der Waals surface area (Å²) in [6, 6.07) is 11.2. The number of fused-ring (bicyclic) bond motifs is 1. The van der Waals surface area contributed by atoms with Gasteiger partial charge in [0.05, 0.1) is 11.6 Å². The van der Waals surface area contributed by atoms with Crippen LogP contribution in [-0.2, 0) is 9.53 Å². The summed E-state index contributed by atoms with van der Waals surface area (Å²) in [5.74, 6) is 0.369. The van der Waals surface area contributed by atoms with Crippen molar-refractivity contribution >= 4 is 11.8 Å². The molecule has 7 heteroatoms. The molecule has 2 aromatic rings. The van der Waals surface area contributed by atoms with Crippen molar-refractivity contribution in [3.8, 4) is 11.3 Å². The molecule has 1 N–H and O–H groups in total. The third kappa shape index (κ3) is 3.30. The van der Waals surface area contributed by atoms with Crippen molar-refractivity contribution in [2.45, 2.75) is 50.3 Å². The lowest BCUT2D eigenvalue weighted by atomic mass is 9.78. The van der Waals surface area contributed by atoms with E-state index in [1.54, 1.807) is 13.2 Å². The number of carbonyl (C=O) groups is 2. The highest BCUT2D eigenvalue weighted by Crippen LogP contribution is 2.43. The third-order valence-corrected chi connectivity index (χ3v) is 6.05. The highest BCUT2D eigenvalue weighted by molar-refractivity contribution is 5.93. The molecule has 0 unspecified atom stereocenters. The van der Waals surface area contributed by atoms with Crippen LogP contribution in [0.3, 0.4) is 0 Å². The van der Waals surface area contributed by atoms with Crippen LogP contribution in [0.2, 0.25) is 0 Å². The maximum absolute atomic E-state index is 13.2. The highest BCUT2D eigenvalue weighted by atomic mass is 16.5. The number of carbonyl (C=O) groups excluding carboxylic acids is 2. The minimum absolute atomic E-state index is 0.0465. The molecule has 1 aromatic heterocycles. The van der Waals surface area contributed by atoms with Crippen LogP contribution < -0.4 is 5.32 Å². The second-order valence-corrected chi connectivity index (χ2v) is 7.65. The molecule has 0 bridgehead atoms. The van der Waals surface area contributed by atoms with Gasteiger partial charge in [-0.05, 0) is 25.7 Å². The zero-order valence-electron chi connectivity index (χ0n) is 16.2. The molecule has 28 heavy (non-hydrogen) atoms. The zero-order valence-corrected chi connectivity index (χ0v) is 16.2. The number of nitrogens with zero attached hydrogens (tertiary/aromatic N) is 2. The number of hydrogen-bond acceptors (Lipinski definition) is 5. The van der Waals surface area contributed by atoms with Gasteiger partial charge in [-0.15, -0.1) is 0 Å². The molecule has 2 aliphatic rings. The average molecular weight is 383 g/mol. The van der Waals surface area contributed by atoms with Gasteiger partial charge in [-0.2, -0.15) is 0 Å². The van der Waals surface area contributed by atoms with Crippen molar-refractivity contribution < 1.29 is 18.8 Å². The van der Waals surface area contributed by atoms with Crippen molar-refractivity contribution in [3.05, 3.63) is 42.1 Å². The van der Waals surface area contributed by atoms with Gasteiger partial charge >= 0.3 is 0 Å². The number of methoxy groups -OCH3 is 1. The van der Waals surface area contributed by atoms with Crippen LogP contribution in [0.4, 0.5) is 0 Å². The van der Waals surface area contributed by atoms with Gasteiger partial charge in [0.2, 0.25) is 5.91 Å². The maximum Gasteiger partial charge on any atom is 0.276 e. The second kappa shape index (κ2) is 7.39. The van der Waals surface area contributed by atoms with Gasteiger partial charge in [-0.3, -0.25) is 9.59 Å². The predicted octanol–water partition coefficient (Wildman–Crippen LogP) is 2.63. The number of amides is 2. The minimum atomic E-state index is -0.351. The van der Waals surface area contributed by atoms with E-state index in [4.69, 9.17) is 9.26 Å². The fourth-order valence-electron chi connectivity index (χ4n) is 4.62. The monoisotopic (exact) mass is 383 g/mol. The molecule has 1 saturated heterocycles. The van der Waals surface area contributed by atoms with Crippen molar-refractivity contribution in [2.24, 2.45) is 0 Å². The molecule has 1 aliphatic carbocycles. The maximum atomic E-state index is 13.2. The average Bonchev–Trinajstić information content (AvgIpc) is 3.33. The highest BCUT2D eigenvalue weighted by Gasteiger charge is 2.53. The first-order valence-electron chi connectivity index (χ1n) is 9.68. The quantitative estimate of drug-likeness (QED) is 0.877. The summed E-state index contributed by atoms with van der Waals surface area (Å²) in [7, 11) is 1.71. The number of likely N-dealkylation sites (tertiary alicyclic amines) is 1. The van der Waals surface area contributed by atoms with Gasteiger partial charge in [-0.25, -0.2) is 0 Å². The molecule has 4 rings (SSSR count). The standard InChI is InChI=1S/C21H25N3O4/c1-14(25)22-16-8-9-21(27-2)10-11-24(19(21)12-16)20(26)17-13-18(28-23-17)15-6-4-3-5-7-15/h3-7,13,16,19H,8-12H2,1-2H3,(H,22,25)/t16-,19+,21-/m1/s1. The summed E-state index contributed by atoms with van der Waals surface area (Å²) in [5.41, 5.74) is 0.828. The summed E-state index contributed by atoms with van der Waals surface area (Å²) in [5, 5.41) is 7.01. The Hall–Kier alpha value is -2.67. The number of hydrogen-bond donors (Lipinski definition) is 1. The van der Waals surface area contributed by atoms with Crippen LogP contribution in [0.25, 0.3) is 11.3 Å². The van der Waals surface area contributed by atoms with Crippen molar-refractivity contribution in [1.29, 1.82) is 0 Å². The van der Waals surface area contributed by atoms with E-state index in [1.807, 2.05) is 35.2 Å². The largest absolute Gasteiger partial charge is 0.376 e. The van der Waals surface area contributed by atoms with Gasteiger partial charge < -0.3 is 19.5 Å². The Labute approximate surface area is 164 Å². The van der Waals surface area contributed by atoms with Crippen LogP contribution in [-0.4, -0.2) is 53.2 Å². The van der Waals surface area contributed by atoms with Crippen molar-refractivity contribution in [2.75, 3.05) is 13.7 Å². The van der Waals surface area contributed by atoms with Gasteiger partial charge in [-0.1, -0.05) is 35.5 Å². The molecule has 3 atom stereocenters. The molecular formula is C21H25N3O4. The van der Waals surface area contributed by atoms with E-state index in [9.17, 15) is 9.59 Å². The SMILES string of the molecule is CO[C@@]12CC[C@@H](NC(C)=O)C[C@@H]1N(C(=O)c1cc(-c3ccccc3)on1)CC2. The molecule has 7 nitrogen and oxygen atoms in total. The lowest BCUT2D eigenvalue weighted by Crippen LogP contribution is -2.55. The Kier molecular flexibility index (Phi) is 4.93. The number of rotatable bonds is 4.